The lowest BCUT2D eigenvalue weighted by atomic mass is 10.1. The van der Waals surface area contributed by atoms with Gasteiger partial charge in [-0.3, -0.25) is 14.7 Å². The summed E-state index contributed by atoms with van der Waals surface area (Å²) < 4.78 is 70.1. The molecule has 11 nitrogen and oxygen atoms in total. The molecule has 0 bridgehead atoms. The summed E-state index contributed by atoms with van der Waals surface area (Å²) in [6, 6.07) is 17.1. The number of aromatic nitrogens is 4. The van der Waals surface area contributed by atoms with E-state index < -0.39 is 50.5 Å². The lowest BCUT2D eigenvalue weighted by molar-refractivity contribution is -0.154. The third kappa shape index (κ3) is 8.48. The van der Waals surface area contributed by atoms with Gasteiger partial charge in [-0.2, -0.15) is 28.1 Å². The molecule has 3 aliphatic rings. The van der Waals surface area contributed by atoms with Crippen LogP contribution in [0.3, 0.4) is 0 Å². The molecule has 0 atom stereocenters. The first-order chi connectivity index (χ1) is 24.8. The molecule has 16 heteroatoms. The van der Waals surface area contributed by atoms with Gasteiger partial charge in [-0.1, -0.05) is 48.0 Å². The van der Waals surface area contributed by atoms with Gasteiger partial charge in [-0.05, 0) is 61.1 Å². The number of hydrogen-bond acceptors (Lipinski definition) is 11. The van der Waals surface area contributed by atoms with E-state index in [4.69, 9.17) is 16.3 Å². The summed E-state index contributed by atoms with van der Waals surface area (Å²) >= 11 is 6.05. The molecular weight excluding hydrogens is 719 g/mol. The van der Waals surface area contributed by atoms with E-state index in [1.165, 1.54) is 0 Å². The molecule has 0 spiro atoms. The summed E-state index contributed by atoms with van der Waals surface area (Å²) in [6.07, 6.45) is 1.59. The number of rotatable bonds is 14. The number of alkyl halides is 3. The Morgan fingerprint density at radius 1 is 0.885 bits per heavy atom. The first-order valence-corrected chi connectivity index (χ1v) is 19.0. The smallest absolute Gasteiger partial charge is 0.422 e. The Labute approximate surface area is 304 Å². The van der Waals surface area contributed by atoms with Crippen LogP contribution in [0.2, 0.25) is 5.02 Å². The van der Waals surface area contributed by atoms with Crippen molar-refractivity contribution in [2.75, 3.05) is 55.3 Å². The number of pyridine rings is 1. The summed E-state index contributed by atoms with van der Waals surface area (Å²) in [5.41, 5.74) is 2.43. The standard InChI is InChI=1S/C36H37ClF3N7O4S/c37-28-7-5-27(6-8-28)35(13-14-35)45-32-42-31(43-33(44-32)51-24-36(38,39)40)21-25-1-3-26(4-2-25)30(48)22-52(49,50)34(11-12-34)23-46-17-19-47(20-18-46)29-9-15-41-16-10-29/h1-10,15-16H,11-14,17-24H2,(H,42,43,44,45). The molecule has 2 saturated carbocycles. The van der Waals surface area contributed by atoms with Gasteiger partial charge < -0.3 is 15.0 Å². The third-order valence-electron chi connectivity index (χ3n) is 9.86. The number of ether oxygens (including phenoxy) is 1. The molecule has 2 aromatic heterocycles. The van der Waals surface area contributed by atoms with E-state index in [0.717, 1.165) is 50.3 Å². The van der Waals surface area contributed by atoms with Crippen molar-refractivity contribution in [3.8, 4) is 6.01 Å². The Morgan fingerprint density at radius 3 is 2.17 bits per heavy atom. The van der Waals surface area contributed by atoms with E-state index in [1.54, 1.807) is 48.8 Å². The number of nitrogens with zero attached hydrogens (tertiary/aromatic N) is 6. The molecule has 2 aliphatic carbocycles. The van der Waals surface area contributed by atoms with Gasteiger partial charge in [0.15, 0.2) is 22.2 Å². The second kappa shape index (κ2) is 14.2. The molecule has 3 fully saturated rings. The number of piperazine rings is 1. The Hall–Kier alpha value is -4.34. The minimum absolute atomic E-state index is 0.0660. The average molecular weight is 756 g/mol. The van der Waals surface area contributed by atoms with Crippen LogP contribution in [-0.2, 0) is 21.8 Å². The molecule has 7 rings (SSSR count). The van der Waals surface area contributed by atoms with Crippen LogP contribution < -0.4 is 15.0 Å². The zero-order chi connectivity index (χ0) is 36.6. The highest BCUT2D eigenvalue weighted by atomic mass is 35.5. The molecule has 0 radical (unpaired) electrons. The molecule has 0 amide bonds. The van der Waals surface area contributed by atoms with Gasteiger partial charge in [0.2, 0.25) is 5.95 Å². The lowest BCUT2D eigenvalue weighted by Gasteiger charge is -2.37. The first kappa shape index (κ1) is 36.0. The molecule has 2 aromatic carbocycles. The zero-order valence-corrected chi connectivity index (χ0v) is 29.7. The molecule has 1 saturated heterocycles. The number of carbonyl (C=O) groups excluding carboxylic acids is 1. The topological polar surface area (TPSA) is 131 Å². The number of anilines is 2. The predicted octanol–water partition coefficient (Wildman–Crippen LogP) is 5.51. The minimum Gasteiger partial charge on any atom is -0.454 e. The van der Waals surface area contributed by atoms with Crippen molar-refractivity contribution in [3.63, 3.8) is 0 Å². The van der Waals surface area contributed by atoms with Crippen LogP contribution in [-0.4, -0.2) is 95.0 Å². The number of hydrogen-bond donors (Lipinski definition) is 1. The SMILES string of the molecule is O=C(CS(=O)(=O)C1(CN2CCN(c3ccncc3)CC2)CC1)c1ccc(Cc2nc(NC3(c4ccc(Cl)cc4)CC3)nc(OCC(F)(F)F)n2)cc1. The maximum absolute atomic E-state index is 13.6. The fraction of sp³-hybridized carbons (Fsp3) is 0.417. The van der Waals surface area contributed by atoms with Crippen molar-refractivity contribution in [2.24, 2.45) is 0 Å². The van der Waals surface area contributed by atoms with Crippen LogP contribution in [0.25, 0.3) is 0 Å². The van der Waals surface area contributed by atoms with Gasteiger partial charge in [0, 0.05) is 67.8 Å². The number of ketones is 1. The largest absolute Gasteiger partial charge is 0.454 e. The van der Waals surface area contributed by atoms with Crippen molar-refractivity contribution in [3.05, 3.63) is 101 Å². The molecule has 1 N–H and O–H groups in total. The molecule has 0 unspecified atom stereocenters. The van der Waals surface area contributed by atoms with Crippen molar-refractivity contribution in [1.29, 1.82) is 0 Å². The minimum atomic E-state index is -4.59. The molecule has 1 aliphatic heterocycles. The normalized spacial score (nSPS) is 18.1. The highest BCUT2D eigenvalue weighted by Gasteiger charge is 2.55. The van der Waals surface area contributed by atoms with Crippen molar-refractivity contribution in [2.45, 2.75) is 48.6 Å². The van der Waals surface area contributed by atoms with Crippen LogP contribution in [0, 0.1) is 0 Å². The highest BCUT2D eigenvalue weighted by Crippen LogP contribution is 2.48. The molecule has 4 aromatic rings. The number of sulfone groups is 1. The van der Waals surface area contributed by atoms with E-state index >= 15 is 0 Å². The van der Waals surface area contributed by atoms with Crippen LogP contribution in [0.1, 0.15) is 53.0 Å². The van der Waals surface area contributed by atoms with E-state index in [0.29, 0.717) is 30.0 Å². The Morgan fingerprint density at radius 2 is 1.56 bits per heavy atom. The van der Waals surface area contributed by atoms with Gasteiger partial charge in [-0.15, -0.1) is 0 Å². The van der Waals surface area contributed by atoms with E-state index in [2.05, 4.69) is 35.1 Å². The Kier molecular flexibility index (Phi) is 9.87. The fourth-order valence-electron chi connectivity index (χ4n) is 6.57. The number of benzene rings is 2. The zero-order valence-electron chi connectivity index (χ0n) is 28.1. The van der Waals surface area contributed by atoms with Crippen molar-refractivity contribution < 1.29 is 31.1 Å². The fourth-order valence-corrected chi connectivity index (χ4v) is 8.62. The first-order valence-electron chi connectivity index (χ1n) is 17.0. The number of Topliss-reactive ketones (excluding diaryl/α,β-unsaturated/α-hetero) is 1. The Bertz CT molecular complexity index is 2000. The Balaban J connectivity index is 0.990. The number of halogens is 4. The average Bonchev–Trinajstić information content (AvgIpc) is 4.06. The van der Waals surface area contributed by atoms with Crippen LogP contribution in [0.4, 0.5) is 24.8 Å². The van der Waals surface area contributed by atoms with Gasteiger partial charge in [0.1, 0.15) is 11.6 Å². The van der Waals surface area contributed by atoms with E-state index in [-0.39, 0.29) is 23.8 Å². The van der Waals surface area contributed by atoms with Gasteiger partial charge in [-0.25, -0.2) is 8.42 Å². The van der Waals surface area contributed by atoms with Crippen molar-refractivity contribution >= 4 is 38.9 Å². The van der Waals surface area contributed by atoms with Gasteiger partial charge >= 0.3 is 12.2 Å². The lowest BCUT2D eigenvalue weighted by Crippen LogP contribution is -2.50. The van der Waals surface area contributed by atoms with E-state index in [9.17, 15) is 26.4 Å². The predicted molar refractivity (Wildman–Crippen MR) is 190 cm³/mol. The maximum Gasteiger partial charge on any atom is 0.422 e. The summed E-state index contributed by atoms with van der Waals surface area (Å²) in [7, 11) is -3.73. The van der Waals surface area contributed by atoms with E-state index in [1.807, 2.05) is 24.3 Å². The highest BCUT2D eigenvalue weighted by molar-refractivity contribution is 7.93. The van der Waals surface area contributed by atoms with Crippen LogP contribution in [0.15, 0.2) is 73.1 Å². The number of carbonyl (C=O) groups is 1. The summed E-state index contributed by atoms with van der Waals surface area (Å²) in [4.78, 5) is 34.4. The van der Waals surface area contributed by atoms with Crippen LogP contribution >= 0.6 is 11.6 Å². The molecule has 52 heavy (non-hydrogen) atoms. The molecule has 274 valence electrons. The summed E-state index contributed by atoms with van der Waals surface area (Å²) in [6.45, 7) is 1.85. The summed E-state index contributed by atoms with van der Waals surface area (Å²) in [5.74, 6) is -0.857. The number of nitrogens with one attached hydrogen (secondary N) is 1. The molecular formula is C36H37ClF3N7O4S. The molecule has 3 heterocycles. The third-order valence-corrected chi connectivity index (χ3v) is 12.6. The van der Waals surface area contributed by atoms with Gasteiger partial charge in [0.25, 0.3) is 0 Å². The second-order valence-electron chi connectivity index (χ2n) is 13.7. The summed E-state index contributed by atoms with van der Waals surface area (Å²) in [5, 5.41) is 3.83. The quantitative estimate of drug-likeness (QED) is 0.164. The van der Waals surface area contributed by atoms with Crippen LogP contribution in [0.5, 0.6) is 6.01 Å². The monoisotopic (exact) mass is 755 g/mol. The second-order valence-corrected chi connectivity index (χ2v) is 16.5. The van der Waals surface area contributed by atoms with Gasteiger partial charge in [0.05, 0.1) is 10.3 Å². The van der Waals surface area contributed by atoms with Crippen molar-refractivity contribution in [1.82, 2.24) is 24.8 Å². The maximum atomic E-state index is 13.6.